The third kappa shape index (κ3) is 5.90. The van der Waals surface area contributed by atoms with Gasteiger partial charge in [0, 0.05) is 39.2 Å². The summed E-state index contributed by atoms with van der Waals surface area (Å²) in [5, 5.41) is 6.63. The van der Waals surface area contributed by atoms with Gasteiger partial charge in [-0.1, -0.05) is 23.7 Å². The summed E-state index contributed by atoms with van der Waals surface area (Å²) in [7, 11) is 1.74. The van der Waals surface area contributed by atoms with Crippen LogP contribution in [0.15, 0.2) is 29.3 Å². The van der Waals surface area contributed by atoms with E-state index in [0.717, 1.165) is 38.6 Å². The van der Waals surface area contributed by atoms with Crippen molar-refractivity contribution in [3.8, 4) is 0 Å². The Labute approximate surface area is 154 Å². The summed E-state index contributed by atoms with van der Waals surface area (Å²) in [5.74, 6) is 1.27. The van der Waals surface area contributed by atoms with E-state index in [1.807, 2.05) is 0 Å². The fourth-order valence-electron chi connectivity index (χ4n) is 2.89. The second-order valence-corrected chi connectivity index (χ2v) is 6.43. The molecule has 6 nitrogen and oxygen atoms in total. The molecule has 1 heterocycles. The molecule has 1 saturated heterocycles. The van der Waals surface area contributed by atoms with E-state index in [1.54, 1.807) is 31.4 Å². The molecular formula is C18H27ClN4O2. The number of hydrogen-bond donors (Lipinski definition) is 2. The van der Waals surface area contributed by atoms with E-state index in [1.165, 1.54) is 0 Å². The summed E-state index contributed by atoms with van der Waals surface area (Å²) in [6.45, 7) is 6.56. The third-order valence-electron chi connectivity index (χ3n) is 4.10. The van der Waals surface area contributed by atoms with Crippen LogP contribution in [0.4, 0.5) is 0 Å². The molecule has 0 aromatic heterocycles. The van der Waals surface area contributed by atoms with Crippen LogP contribution in [0.25, 0.3) is 0 Å². The van der Waals surface area contributed by atoms with Crippen LogP contribution in [0.1, 0.15) is 23.7 Å². The zero-order valence-electron chi connectivity index (χ0n) is 14.9. The number of aliphatic imine (C=N–C) groups is 1. The predicted octanol–water partition coefficient (Wildman–Crippen LogP) is 2.00. The Hall–Kier alpha value is -1.79. The smallest absolute Gasteiger partial charge is 0.252 e. The molecule has 2 rings (SSSR count). The molecule has 0 saturated carbocycles. The standard InChI is InChI=1S/C18H27ClN4O2/c1-3-20-18(23-11-8-14(12-23)13-25-2)22-10-9-21-17(24)15-6-4-5-7-16(15)19/h4-7,14H,3,8-13H2,1-2H3,(H,20,22)(H,21,24). The number of likely N-dealkylation sites (tertiary alicyclic amines) is 1. The monoisotopic (exact) mass is 366 g/mol. The van der Waals surface area contributed by atoms with Gasteiger partial charge in [0.2, 0.25) is 0 Å². The number of nitrogens with zero attached hydrogens (tertiary/aromatic N) is 2. The maximum Gasteiger partial charge on any atom is 0.252 e. The van der Waals surface area contributed by atoms with Gasteiger partial charge in [0.15, 0.2) is 5.96 Å². The topological polar surface area (TPSA) is 66.0 Å². The maximum absolute atomic E-state index is 12.1. The fraction of sp³-hybridized carbons (Fsp3) is 0.556. The number of ether oxygens (including phenoxy) is 1. The second-order valence-electron chi connectivity index (χ2n) is 6.03. The number of benzene rings is 1. The molecule has 25 heavy (non-hydrogen) atoms. The average molecular weight is 367 g/mol. The molecule has 1 aromatic carbocycles. The van der Waals surface area contributed by atoms with E-state index >= 15 is 0 Å². The van der Waals surface area contributed by atoms with Crippen LogP contribution in [0, 0.1) is 5.92 Å². The summed E-state index contributed by atoms with van der Waals surface area (Å²) >= 11 is 6.03. The second kappa shape index (κ2) is 10.3. The van der Waals surface area contributed by atoms with Crippen molar-refractivity contribution in [2.75, 3.05) is 46.4 Å². The summed E-state index contributed by atoms with van der Waals surface area (Å²) in [4.78, 5) is 19.0. The zero-order valence-corrected chi connectivity index (χ0v) is 15.7. The Morgan fingerprint density at radius 3 is 2.92 bits per heavy atom. The Kier molecular flexibility index (Phi) is 8.01. The fourth-order valence-corrected chi connectivity index (χ4v) is 3.12. The number of hydrogen-bond acceptors (Lipinski definition) is 3. The van der Waals surface area contributed by atoms with Crippen molar-refractivity contribution in [3.05, 3.63) is 34.9 Å². The number of guanidine groups is 1. The molecule has 1 aromatic rings. The average Bonchev–Trinajstić information content (AvgIpc) is 3.06. The molecule has 0 aliphatic carbocycles. The number of methoxy groups -OCH3 is 1. The Morgan fingerprint density at radius 2 is 2.20 bits per heavy atom. The predicted molar refractivity (Wildman–Crippen MR) is 101 cm³/mol. The highest BCUT2D eigenvalue weighted by Gasteiger charge is 2.24. The minimum atomic E-state index is -0.174. The molecule has 1 unspecified atom stereocenters. The number of carbonyl (C=O) groups is 1. The minimum absolute atomic E-state index is 0.174. The third-order valence-corrected chi connectivity index (χ3v) is 4.43. The van der Waals surface area contributed by atoms with Crippen molar-refractivity contribution >= 4 is 23.5 Å². The maximum atomic E-state index is 12.1. The van der Waals surface area contributed by atoms with Crippen LogP contribution >= 0.6 is 11.6 Å². The molecular weight excluding hydrogens is 340 g/mol. The van der Waals surface area contributed by atoms with Crippen molar-refractivity contribution in [1.29, 1.82) is 0 Å². The summed E-state index contributed by atoms with van der Waals surface area (Å²) in [6.07, 6.45) is 1.11. The van der Waals surface area contributed by atoms with Crippen LogP contribution in [-0.2, 0) is 4.74 Å². The van der Waals surface area contributed by atoms with Gasteiger partial charge in [0.05, 0.1) is 23.7 Å². The first-order valence-electron chi connectivity index (χ1n) is 8.70. The Balaban J connectivity index is 1.83. The largest absolute Gasteiger partial charge is 0.384 e. The van der Waals surface area contributed by atoms with Crippen molar-refractivity contribution in [3.63, 3.8) is 0 Å². The number of amides is 1. The normalized spacial score (nSPS) is 17.6. The minimum Gasteiger partial charge on any atom is -0.384 e. The van der Waals surface area contributed by atoms with Crippen molar-refractivity contribution in [1.82, 2.24) is 15.5 Å². The van der Waals surface area contributed by atoms with Gasteiger partial charge in [-0.05, 0) is 25.5 Å². The van der Waals surface area contributed by atoms with E-state index < -0.39 is 0 Å². The van der Waals surface area contributed by atoms with Crippen molar-refractivity contribution in [2.24, 2.45) is 10.9 Å². The summed E-state index contributed by atoms with van der Waals surface area (Å²) in [6, 6.07) is 7.03. The molecule has 1 aliphatic heterocycles. The van der Waals surface area contributed by atoms with Gasteiger partial charge in [-0.15, -0.1) is 0 Å². The van der Waals surface area contributed by atoms with Gasteiger partial charge < -0.3 is 20.3 Å². The van der Waals surface area contributed by atoms with Gasteiger partial charge in [-0.3, -0.25) is 9.79 Å². The van der Waals surface area contributed by atoms with Crippen LogP contribution in [-0.4, -0.2) is 63.2 Å². The lowest BCUT2D eigenvalue weighted by Crippen LogP contribution is -2.40. The Morgan fingerprint density at radius 1 is 1.40 bits per heavy atom. The van der Waals surface area contributed by atoms with E-state index in [2.05, 4.69) is 27.4 Å². The van der Waals surface area contributed by atoms with Gasteiger partial charge >= 0.3 is 0 Å². The van der Waals surface area contributed by atoms with Gasteiger partial charge in [0.25, 0.3) is 5.91 Å². The van der Waals surface area contributed by atoms with Crippen LogP contribution in [0.5, 0.6) is 0 Å². The lowest BCUT2D eigenvalue weighted by molar-refractivity contribution is 0.0955. The van der Waals surface area contributed by atoms with E-state index in [0.29, 0.717) is 29.6 Å². The molecule has 7 heteroatoms. The number of nitrogens with one attached hydrogen (secondary N) is 2. The molecule has 0 spiro atoms. The zero-order chi connectivity index (χ0) is 18.1. The molecule has 1 atom stereocenters. The number of carbonyl (C=O) groups excluding carboxylic acids is 1. The highest BCUT2D eigenvalue weighted by molar-refractivity contribution is 6.33. The molecule has 1 fully saturated rings. The van der Waals surface area contributed by atoms with Gasteiger partial charge in [-0.2, -0.15) is 0 Å². The van der Waals surface area contributed by atoms with Crippen LogP contribution < -0.4 is 10.6 Å². The summed E-state index contributed by atoms with van der Waals surface area (Å²) in [5.41, 5.74) is 0.488. The molecule has 0 bridgehead atoms. The first-order chi connectivity index (χ1) is 12.2. The molecule has 138 valence electrons. The van der Waals surface area contributed by atoms with Gasteiger partial charge in [-0.25, -0.2) is 0 Å². The highest BCUT2D eigenvalue weighted by atomic mass is 35.5. The summed E-state index contributed by atoms with van der Waals surface area (Å²) < 4.78 is 5.25. The van der Waals surface area contributed by atoms with E-state index in [-0.39, 0.29) is 5.91 Å². The van der Waals surface area contributed by atoms with E-state index in [9.17, 15) is 4.79 Å². The SMILES string of the molecule is CCNC(=NCCNC(=O)c1ccccc1Cl)N1CCC(COC)C1. The molecule has 1 aliphatic rings. The van der Waals surface area contributed by atoms with E-state index in [4.69, 9.17) is 16.3 Å². The lowest BCUT2D eigenvalue weighted by atomic mass is 10.1. The molecule has 0 radical (unpaired) electrons. The van der Waals surface area contributed by atoms with Crippen molar-refractivity contribution < 1.29 is 9.53 Å². The quantitative estimate of drug-likeness (QED) is 0.440. The van der Waals surface area contributed by atoms with Crippen molar-refractivity contribution in [2.45, 2.75) is 13.3 Å². The van der Waals surface area contributed by atoms with Gasteiger partial charge in [0.1, 0.15) is 0 Å². The lowest BCUT2D eigenvalue weighted by Gasteiger charge is -2.21. The molecule has 2 N–H and O–H groups in total. The van der Waals surface area contributed by atoms with Crippen LogP contribution in [0.3, 0.4) is 0 Å². The van der Waals surface area contributed by atoms with Crippen LogP contribution in [0.2, 0.25) is 5.02 Å². The number of halogens is 1. The molecule has 1 amide bonds. The Bertz CT molecular complexity index is 594. The first kappa shape index (κ1) is 19.5. The first-order valence-corrected chi connectivity index (χ1v) is 9.08. The number of rotatable bonds is 7. The highest BCUT2D eigenvalue weighted by Crippen LogP contribution is 2.16.